The zero-order chi connectivity index (χ0) is 24.2. The van der Waals surface area contributed by atoms with Crippen LogP contribution in [0.25, 0.3) is 11.0 Å². The van der Waals surface area contributed by atoms with Gasteiger partial charge in [-0.25, -0.2) is 9.78 Å². The molecule has 180 valence electrons. The summed E-state index contributed by atoms with van der Waals surface area (Å²) in [5.74, 6) is -0.111. The number of carbonyl (C=O) groups excluding carboxylic acids is 2. The van der Waals surface area contributed by atoms with Crippen molar-refractivity contribution >= 4 is 34.3 Å². The summed E-state index contributed by atoms with van der Waals surface area (Å²) in [5, 5.41) is 7.02. The smallest absolute Gasteiger partial charge is 0.356 e. The molecule has 1 aliphatic heterocycles. The van der Waals surface area contributed by atoms with Crippen LogP contribution in [0.4, 0.5) is 11.4 Å². The zero-order valence-electron chi connectivity index (χ0n) is 19.9. The number of fused-ring (bicyclic) bond motifs is 1. The Bertz CT molecular complexity index is 1210. The van der Waals surface area contributed by atoms with E-state index in [1.807, 2.05) is 32.0 Å². The Balaban J connectivity index is 1.68. The van der Waals surface area contributed by atoms with Gasteiger partial charge in [0, 0.05) is 25.1 Å². The molecule has 0 bridgehead atoms. The summed E-state index contributed by atoms with van der Waals surface area (Å²) in [6.07, 6.45) is 2.38. The number of hydrogen-bond acceptors (Lipinski definition) is 7. The Morgan fingerprint density at radius 3 is 2.74 bits per heavy atom. The van der Waals surface area contributed by atoms with E-state index in [1.165, 1.54) is 7.11 Å². The number of rotatable bonds is 8. The first kappa shape index (κ1) is 23.6. The molecule has 2 aromatic heterocycles. The van der Waals surface area contributed by atoms with Crippen LogP contribution in [0.3, 0.4) is 0 Å². The molecule has 1 aliphatic rings. The van der Waals surface area contributed by atoms with Crippen LogP contribution >= 0.6 is 0 Å². The van der Waals surface area contributed by atoms with Crippen molar-refractivity contribution in [3.05, 3.63) is 47.3 Å². The Labute approximate surface area is 198 Å². The lowest BCUT2D eigenvalue weighted by Gasteiger charge is -2.12. The molecule has 0 unspecified atom stereocenters. The summed E-state index contributed by atoms with van der Waals surface area (Å²) < 4.78 is 17.5. The molecular weight excluding hydrogens is 436 g/mol. The number of hydrogen-bond donors (Lipinski definition) is 2. The molecule has 0 aliphatic carbocycles. The summed E-state index contributed by atoms with van der Waals surface area (Å²) in [7, 11) is 2.98. The highest BCUT2D eigenvalue weighted by Crippen LogP contribution is 2.33. The van der Waals surface area contributed by atoms with Crippen molar-refractivity contribution in [3.63, 3.8) is 0 Å². The second-order valence-electron chi connectivity index (χ2n) is 8.26. The third-order valence-corrected chi connectivity index (χ3v) is 6.10. The van der Waals surface area contributed by atoms with E-state index in [0.29, 0.717) is 49.4 Å². The van der Waals surface area contributed by atoms with Crippen molar-refractivity contribution in [2.45, 2.75) is 33.4 Å². The van der Waals surface area contributed by atoms with E-state index < -0.39 is 5.97 Å². The number of pyridine rings is 1. The molecule has 34 heavy (non-hydrogen) atoms. The van der Waals surface area contributed by atoms with E-state index in [4.69, 9.17) is 14.2 Å². The lowest BCUT2D eigenvalue weighted by atomic mass is 10.1. The van der Waals surface area contributed by atoms with E-state index in [2.05, 4.69) is 21.7 Å². The predicted octanol–water partition coefficient (Wildman–Crippen LogP) is 3.75. The van der Waals surface area contributed by atoms with E-state index >= 15 is 0 Å². The lowest BCUT2D eigenvalue weighted by molar-refractivity contribution is -0.119. The minimum Gasteiger partial charge on any atom is -0.496 e. The Hall–Kier alpha value is -3.59. The van der Waals surface area contributed by atoms with Gasteiger partial charge in [0.15, 0.2) is 5.69 Å². The molecule has 0 saturated carbocycles. The Morgan fingerprint density at radius 2 is 2.09 bits per heavy atom. The summed E-state index contributed by atoms with van der Waals surface area (Å²) in [4.78, 5) is 30.2. The molecule has 1 aromatic carbocycles. The molecule has 1 atom stereocenters. The number of benzene rings is 1. The number of ether oxygens (including phenoxy) is 3. The SMILES string of the molecule is CCn1c(C(=O)OC)c(NC(=O)[C@@H]2CCOC2)c2cc(NCc3ccc(OC)c(C)c3)cnc21. The average Bonchev–Trinajstić information content (AvgIpc) is 3.49. The molecule has 2 N–H and O–H groups in total. The first-order valence-corrected chi connectivity index (χ1v) is 11.3. The van der Waals surface area contributed by atoms with Crippen LogP contribution in [0.1, 0.15) is 35.0 Å². The van der Waals surface area contributed by atoms with Crippen molar-refractivity contribution in [2.24, 2.45) is 5.92 Å². The molecule has 0 spiro atoms. The number of carbonyl (C=O) groups is 2. The van der Waals surface area contributed by atoms with Crippen LogP contribution in [-0.4, -0.2) is 48.9 Å². The molecule has 4 rings (SSSR count). The first-order chi connectivity index (χ1) is 16.5. The van der Waals surface area contributed by atoms with Gasteiger partial charge in [-0.15, -0.1) is 0 Å². The topological polar surface area (TPSA) is 104 Å². The number of nitrogens with zero attached hydrogens (tertiary/aromatic N) is 2. The molecule has 0 radical (unpaired) electrons. The molecule has 3 heterocycles. The lowest BCUT2D eigenvalue weighted by Crippen LogP contribution is -2.24. The largest absolute Gasteiger partial charge is 0.496 e. The maximum Gasteiger partial charge on any atom is 0.356 e. The Kier molecular flexibility index (Phi) is 7.02. The van der Waals surface area contributed by atoms with Crippen LogP contribution in [0.15, 0.2) is 30.5 Å². The molecule has 1 saturated heterocycles. The van der Waals surface area contributed by atoms with Gasteiger partial charge in [-0.3, -0.25) is 4.79 Å². The summed E-state index contributed by atoms with van der Waals surface area (Å²) in [6.45, 7) is 5.92. The van der Waals surface area contributed by atoms with Gasteiger partial charge in [0.05, 0.1) is 44.3 Å². The summed E-state index contributed by atoms with van der Waals surface area (Å²) >= 11 is 0. The number of methoxy groups -OCH3 is 2. The number of amides is 1. The van der Waals surface area contributed by atoms with Crippen molar-refractivity contribution < 1.29 is 23.8 Å². The van der Waals surface area contributed by atoms with E-state index in [1.54, 1.807) is 17.9 Å². The third-order valence-electron chi connectivity index (χ3n) is 6.10. The van der Waals surface area contributed by atoms with Crippen LogP contribution in [-0.2, 0) is 27.4 Å². The number of aryl methyl sites for hydroxylation is 2. The average molecular weight is 467 g/mol. The fraction of sp³-hybridized carbons (Fsp3) is 0.400. The van der Waals surface area contributed by atoms with Gasteiger partial charge in [0.25, 0.3) is 0 Å². The number of aromatic nitrogens is 2. The van der Waals surface area contributed by atoms with Gasteiger partial charge in [0.2, 0.25) is 5.91 Å². The molecule has 1 amide bonds. The molecule has 1 fully saturated rings. The minimum absolute atomic E-state index is 0.176. The third kappa shape index (κ3) is 4.56. The summed E-state index contributed by atoms with van der Waals surface area (Å²) in [5.41, 5.74) is 4.21. The molecule has 9 heteroatoms. The highest BCUT2D eigenvalue weighted by molar-refractivity contribution is 6.11. The van der Waals surface area contributed by atoms with Crippen molar-refractivity contribution in [1.29, 1.82) is 0 Å². The van der Waals surface area contributed by atoms with Gasteiger partial charge in [0.1, 0.15) is 11.4 Å². The van der Waals surface area contributed by atoms with E-state index in [9.17, 15) is 9.59 Å². The van der Waals surface area contributed by atoms with E-state index in [-0.39, 0.29) is 17.5 Å². The van der Waals surface area contributed by atoms with Crippen LogP contribution in [0, 0.1) is 12.8 Å². The first-order valence-electron chi connectivity index (χ1n) is 11.3. The van der Waals surface area contributed by atoms with E-state index in [0.717, 1.165) is 22.6 Å². The Morgan fingerprint density at radius 1 is 1.26 bits per heavy atom. The van der Waals surface area contributed by atoms with Crippen molar-refractivity contribution in [1.82, 2.24) is 9.55 Å². The minimum atomic E-state index is -0.527. The number of esters is 1. The standard InChI is InChI=1S/C25H30N4O5/c1-5-29-22(25(31)33-4)21(28-24(30)17-8-9-34-14-17)19-11-18(13-27-23(19)29)26-12-16-6-7-20(32-3)15(2)10-16/h6-7,10-11,13,17,26H,5,8-9,12,14H2,1-4H3,(H,28,30)/t17-/m1/s1. The molecule has 3 aromatic rings. The maximum atomic E-state index is 12.9. The predicted molar refractivity (Wildman–Crippen MR) is 129 cm³/mol. The highest BCUT2D eigenvalue weighted by atomic mass is 16.5. The number of anilines is 2. The molecular formula is C25H30N4O5. The number of nitrogens with one attached hydrogen (secondary N) is 2. The van der Waals surface area contributed by atoms with Crippen molar-refractivity contribution in [3.8, 4) is 5.75 Å². The monoisotopic (exact) mass is 466 g/mol. The van der Waals surface area contributed by atoms with Gasteiger partial charge < -0.3 is 29.4 Å². The highest BCUT2D eigenvalue weighted by Gasteiger charge is 2.29. The van der Waals surface area contributed by atoms with Crippen molar-refractivity contribution in [2.75, 3.05) is 38.1 Å². The normalized spacial score (nSPS) is 15.4. The van der Waals surface area contributed by atoms with Crippen LogP contribution in [0.2, 0.25) is 0 Å². The second kappa shape index (κ2) is 10.1. The van der Waals surface area contributed by atoms with Gasteiger partial charge in [-0.2, -0.15) is 0 Å². The maximum absolute atomic E-state index is 12.9. The van der Waals surface area contributed by atoms with Crippen LogP contribution in [0.5, 0.6) is 5.75 Å². The quantitative estimate of drug-likeness (QED) is 0.487. The fourth-order valence-corrected chi connectivity index (χ4v) is 4.29. The van der Waals surface area contributed by atoms with Crippen LogP contribution < -0.4 is 15.4 Å². The van der Waals surface area contributed by atoms with Gasteiger partial charge in [-0.05, 0) is 43.5 Å². The van der Waals surface area contributed by atoms with Gasteiger partial charge >= 0.3 is 5.97 Å². The zero-order valence-corrected chi connectivity index (χ0v) is 19.9. The molecule has 9 nitrogen and oxygen atoms in total. The van der Waals surface area contributed by atoms with Gasteiger partial charge in [-0.1, -0.05) is 12.1 Å². The summed E-state index contributed by atoms with van der Waals surface area (Å²) in [6, 6.07) is 7.91. The second-order valence-corrected chi connectivity index (χ2v) is 8.26. The fourth-order valence-electron chi connectivity index (χ4n) is 4.29.